The highest BCUT2D eigenvalue weighted by atomic mass is 16.5. The lowest BCUT2D eigenvalue weighted by Crippen LogP contribution is -2.56. The molecule has 1 saturated heterocycles. The Morgan fingerprint density at radius 2 is 1.76 bits per heavy atom. The first-order chi connectivity index (χ1) is 16.1. The second kappa shape index (κ2) is 7.21. The Hall–Kier alpha value is -2.10. The molecule has 4 fully saturated rings. The molecule has 182 valence electrons. The van der Waals surface area contributed by atoms with Crippen LogP contribution in [-0.4, -0.2) is 29.4 Å². The molecule has 1 aromatic rings. The minimum absolute atomic E-state index is 0.0339. The highest BCUT2D eigenvalue weighted by Gasteiger charge is 2.82. The number of ether oxygens (including phenoxy) is 1. The third kappa shape index (κ3) is 2.72. The van der Waals surface area contributed by atoms with E-state index < -0.39 is 0 Å². The average Bonchev–Trinajstić information content (AvgIpc) is 3.38. The predicted molar refractivity (Wildman–Crippen MR) is 133 cm³/mol. The van der Waals surface area contributed by atoms with Crippen molar-refractivity contribution in [2.45, 2.75) is 97.2 Å². The summed E-state index contributed by atoms with van der Waals surface area (Å²) in [5, 5.41) is 0. The zero-order valence-corrected chi connectivity index (χ0v) is 21.4. The van der Waals surface area contributed by atoms with Gasteiger partial charge in [-0.15, -0.1) is 0 Å². The van der Waals surface area contributed by atoms with Crippen LogP contribution in [0.1, 0.15) is 78.2 Å². The lowest BCUT2D eigenvalue weighted by molar-refractivity contribution is -0.149. The van der Waals surface area contributed by atoms with Crippen molar-refractivity contribution in [1.29, 1.82) is 0 Å². The number of hydrogen-bond donors (Lipinski definition) is 0. The van der Waals surface area contributed by atoms with Gasteiger partial charge in [0.1, 0.15) is 11.6 Å². The van der Waals surface area contributed by atoms with Gasteiger partial charge in [-0.1, -0.05) is 43.2 Å². The van der Waals surface area contributed by atoms with Gasteiger partial charge in [0.2, 0.25) is 0 Å². The Labute approximate surface area is 204 Å². The predicted octanol–water partition coefficient (Wildman–Crippen LogP) is 6.02. The summed E-state index contributed by atoms with van der Waals surface area (Å²) in [6.45, 7) is 10.4. The molecule has 3 saturated carbocycles. The van der Waals surface area contributed by atoms with Crippen molar-refractivity contribution < 1.29 is 14.3 Å². The number of esters is 1. The molecule has 6 rings (SSSR count). The number of aryl methyl sites for hydroxylation is 1. The third-order valence-corrected chi connectivity index (χ3v) is 11.1. The third-order valence-electron chi connectivity index (χ3n) is 11.1. The molecule has 1 heterocycles. The standard InChI is InChI=1S/C30H39NO3/c1-18-6-9-22(10-7-18)31-27-17-26-24-11-8-21-16-23(34-20(3)33)12-14-28(21,4)25(24)13-15-29(26,5)30(27,31)19(2)32/h6-10,23-27H,11-17H2,1-5H3. The van der Waals surface area contributed by atoms with Crippen LogP contribution in [-0.2, 0) is 14.3 Å². The molecular formula is C30H39NO3. The normalized spacial score (nSPS) is 44.2. The lowest BCUT2D eigenvalue weighted by Gasteiger charge is -2.59. The van der Waals surface area contributed by atoms with Crippen LogP contribution in [0, 0.1) is 35.5 Å². The van der Waals surface area contributed by atoms with Crippen molar-refractivity contribution in [3.63, 3.8) is 0 Å². The van der Waals surface area contributed by atoms with Gasteiger partial charge in [0.25, 0.3) is 0 Å². The molecule has 4 heteroatoms. The number of Topliss-reactive ketones (excluding diaryl/α,β-unsaturated/α-hetero) is 1. The molecule has 34 heavy (non-hydrogen) atoms. The second-order valence-corrected chi connectivity index (χ2v) is 12.5. The van der Waals surface area contributed by atoms with E-state index in [1.807, 2.05) is 6.92 Å². The molecule has 8 unspecified atom stereocenters. The first kappa shape index (κ1) is 22.4. The van der Waals surface area contributed by atoms with Crippen LogP contribution in [0.3, 0.4) is 0 Å². The minimum Gasteiger partial charge on any atom is -0.462 e. The molecule has 0 amide bonds. The van der Waals surface area contributed by atoms with Crippen LogP contribution in [0.4, 0.5) is 5.69 Å². The molecular weight excluding hydrogens is 422 g/mol. The molecule has 4 nitrogen and oxygen atoms in total. The fraction of sp³-hybridized carbons (Fsp3) is 0.667. The fourth-order valence-electron chi connectivity index (χ4n) is 9.61. The topological polar surface area (TPSA) is 46.4 Å². The van der Waals surface area contributed by atoms with Gasteiger partial charge in [-0.25, -0.2) is 0 Å². The quantitative estimate of drug-likeness (QED) is 0.314. The van der Waals surface area contributed by atoms with Crippen molar-refractivity contribution >= 4 is 17.4 Å². The van der Waals surface area contributed by atoms with Crippen LogP contribution in [0.25, 0.3) is 0 Å². The number of anilines is 1. The van der Waals surface area contributed by atoms with Gasteiger partial charge < -0.3 is 9.64 Å². The summed E-state index contributed by atoms with van der Waals surface area (Å²) in [4.78, 5) is 27.4. The van der Waals surface area contributed by atoms with Crippen molar-refractivity contribution in [3.8, 4) is 0 Å². The van der Waals surface area contributed by atoms with Gasteiger partial charge in [0.05, 0.1) is 6.04 Å². The molecule has 1 aliphatic heterocycles. The Morgan fingerprint density at radius 1 is 1.03 bits per heavy atom. The largest absolute Gasteiger partial charge is 0.462 e. The Morgan fingerprint density at radius 3 is 2.44 bits per heavy atom. The first-order valence-corrected chi connectivity index (χ1v) is 13.4. The first-order valence-electron chi connectivity index (χ1n) is 13.4. The summed E-state index contributed by atoms with van der Waals surface area (Å²) in [6, 6.07) is 9.11. The van der Waals surface area contributed by atoms with Crippen molar-refractivity contribution in [2.75, 3.05) is 4.90 Å². The summed E-state index contributed by atoms with van der Waals surface area (Å²) in [5.41, 5.74) is 3.93. The van der Waals surface area contributed by atoms with Gasteiger partial charge >= 0.3 is 5.97 Å². The van der Waals surface area contributed by atoms with Gasteiger partial charge in [-0.05, 0) is 87.7 Å². The molecule has 1 aromatic carbocycles. The molecule has 8 atom stereocenters. The van der Waals surface area contributed by atoms with Gasteiger partial charge in [0.15, 0.2) is 5.78 Å². The number of hydrogen-bond acceptors (Lipinski definition) is 4. The Bertz CT molecular complexity index is 1080. The maximum Gasteiger partial charge on any atom is 0.302 e. The summed E-state index contributed by atoms with van der Waals surface area (Å²) >= 11 is 0. The van der Waals surface area contributed by atoms with Crippen molar-refractivity contribution in [1.82, 2.24) is 0 Å². The van der Waals surface area contributed by atoms with Gasteiger partial charge in [-0.2, -0.15) is 0 Å². The van der Waals surface area contributed by atoms with Crippen molar-refractivity contribution in [2.24, 2.45) is 28.6 Å². The smallest absolute Gasteiger partial charge is 0.302 e. The zero-order valence-electron chi connectivity index (χ0n) is 21.4. The van der Waals surface area contributed by atoms with E-state index in [0.29, 0.717) is 29.6 Å². The second-order valence-electron chi connectivity index (χ2n) is 12.5. The number of carbonyl (C=O) groups is 2. The molecule has 0 N–H and O–H groups in total. The minimum atomic E-state index is -0.324. The van der Waals surface area contributed by atoms with Crippen LogP contribution < -0.4 is 4.90 Å². The van der Waals surface area contributed by atoms with E-state index in [0.717, 1.165) is 38.5 Å². The summed E-state index contributed by atoms with van der Waals surface area (Å²) < 4.78 is 5.60. The monoisotopic (exact) mass is 461 g/mol. The number of carbonyl (C=O) groups excluding carboxylic acids is 2. The maximum absolute atomic E-state index is 13.4. The van der Waals surface area contributed by atoms with Crippen LogP contribution in [0.5, 0.6) is 0 Å². The Kier molecular flexibility index (Phi) is 4.74. The molecule has 4 aliphatic carbocycles. The number of nitrogens with zero attached hydrogens (tertiary/aromatic N) is 1. The number of fused-ring (bicyclic) bond motifs is 7. The summed E-state index contributed by atoms with van der Waals surface area (Å²) in [7, 11) is 0. The van der Waals surface area contributed by atoms with Gasteiger partial charge in [0, 0.05) is 24.4 Å². The van der Waals surface area contributed by atoms with Crippen LogP contribution >= 0.6 is 0 Å². The number of ketones is 1. The average molecular weight is 462 g/mol. The highest BCUT2D eigenvalue weighted by Crippen LogP contribution is 2.74. The Balaban J connectivity index is 1.30. The lowest BCUT2D eigenvalue weighted by atomic mass is 9.46. The van der Waals surface area contributed by atoms with E-state index in [4.69, 9.17) is 4.74 Å². The number of piperidine rings is 1. The van der Waals surface area contributed by atoms with E-state index >= 15 is 0 Å². The summed E-state index contributed by atoms with van der Waals surface area (Å²) in [6.07, 6.45) is 10.1. The molecule has 0 spiro atoms. The van der Waals surface area contributed by atoms with Gasteiger partial charge in [-0.3, -0.25) is 9.59 Å². The van der Waals surface area contributed by atoms with E-state index in [2.05, 4.69) is 56.0 Å². The van der Waals surface area contributed by atoms with Crippen LogP contribution in [0.15, 0.2) is 35.9 Å². The van der Waals surface area contributed by atoms with Crippen molar-refractivity contribution in [3.05, 3.63) is 41.5 Å². The molecule has 5 aliphatic rings. The molecule has 0 bridgehead atoms. The number of benzene rings is 1. The maximum atomic E-state index is 13.4. The zero-order chi connectivity index (χ0) is 24.0. The fourth-order valence-corrected chi connectivity index (χ4v) is 9.61. The van der Waals surface area contributed by atoms with E-state index in [1.165, 1.54) is 30.2 Å². The molecule has 0 radical (unpaired) electrons. The van der Waals surface area contributed by atoms with Crippen LogP contribution in [0.2, 0.25) is 0 Å². The summed E-state index contributed by atoms with van der Waals surface area (Å²) in [5.74, 6) is 2.14. The highest BCUT2D eigenvalue weighted by molar-refractivity contribution is 6.00. The van der Waals surface area contributed by atoms with E-state index in [-0.39, 0.29) is 28.4 Å². The number of rotatable bonds is 3. The van der Waals surface area contributed by atoms with E-state index in [1.54, 1.807) is 0 Å². The number of allylic oxidation sites excluding steroid dienone is 1. The molecule has 0 aromatic heterocycles. The SMILES string of the molecule is CC(=O)OC1CCC2(C)C(=CCC3C2CCC2(C)C3CC3N(c4ccc(C)cc4)C32C(C)=O)C1. The van der Waals surface area contributed by atoms with E-state index in [9.17, 15) is 9.59 Å².